The molecule has 38 heteroatoms. The van der Waals surface area contributed by atoms with Crippen molar-refractivity contribution in [2.75, 3.05) is 54.4 Å². The van der Waals surface area contributed by atoms with Crippen molar-refractivity contribution in [3.05, 3.63) is 29.0 Å². The van der Waals surface area contributed by atoms with Gasteiger partial charge in [0.1, 0.15) is 66.3 Å². The lowest BCUT2D eigenvalue weighted by molar-refractivity contribution is -0.176. The molecule has 702 valence electrons. The van der Waals surface area contributed by atoms with Crippen LogP contribution in [-0.2, 0) is 76.3 Å². The predicted octanol–water partition coefficient (Wildman–Crippen LogP) is 11.3. The van der Waals surface area contributed by atoms with Crippen LogP contribution in [0.2, 0.25) is 5.02 Å². The van der Waals surface area contributed by atoms with Gasteiger partial charge < -0.3 is 102 Å². The molecule has 0 saturated heterocycles. The summed E-state index contributed by atoms with van der Waals surface area (Å²) in [5, 5.41) is 40.1. The van der Waals surface area contributed by atoms with Crippen LogP contribution >= 0.6 is 75.3 Å². The summed E-state index contributed by atoms with van der Waals surface area (Å²) in [6, 6.07) is 4.46. The molecule has 22 aliphatic rings. The Morgan fingerprint density at radius 1 is 0.384 bits per heavy atom. The highest BCUT2D eigenvalue weighted by Crippen LogP contribution is 2.70. The summed E-state index contributed by atoms with van der Waals surface area (Å²) in [5.41, 5.74) is 9.98. The molecule has 0 spiro atoms. The van der Waals surface area contributed by atoms with Crippen LogP contribution in [0.1, 0.15) is 268 Å². The molecule has 32 nitrogen and oxygen atoms in total. The zero-order chi connectivity index (χ0) is 91.9. The quantitative estimate of drug-likeness (QED) is 0.0243. The van der Waals surface area contributed by atoms with Gasteiger partial charge in [-0.15, -0.1) is 0 Å². The van der Waals surface area contributed by atoms with Gasteiger partial charge in [0.05, 0.1) is 51.2 Å². The van der Waals surface area contributed by atoms with Gasteiger partial charge in [-0.2, -0.15) is 0 Å². The molecule has 125 heavy (non-hydrogen) atoms. The zero-order valence-corrected chi connectivity index (χ0v) is 80.6. The highest BCUT2D eigenvalue weighted by Gasteiger charge is 2.73. The number of hydrogen-bond acceptors (Lipinski definition) is 22. The molecule has 1 aromatic carbocycles. The molecule has 22 fully saturated rings. The monoisotopic (exact) mass is 2040 g/mol. The number of alkyl carbamates (subject to hydrolysis) is 3. The first kappa shape index (κ1) is 101. The number of nitrogens with two attached hydrogens (primary N) is 2. The lowest BCUT2D eigenvalue weighted by Gasteiger charge is -2.70. The van der Waals surface area contributed by atoms with E-state index in [1.54, 1.807) is 6.07 Å². The molecule has 23 rings (SSSR count). The predicted molar refractivity (Wildman–Crippen MR) is 473 cm³/mol. The molecule has 1 aromatic rings. The van der Waals surface area contributed by atoms with Gasteiger partial charge in [0.2, 0.25) is 29.5 Å². The number of ether oxygens (including phenoxy) is 8. The smallest absolute Gasteiger partial charge is 0.408 e. The van der Waals surface area contributed by atoms with Crippen molar-refractivity contribution in [2.24, 2.45) is 22.3 Å². The van der Waals surface area contributed by atoms with Crippen molar-refractivity contribution in [1.82, 2.24) is 42.5 Å². The summed E-state index contributed by atoms with van der Waals surface area (Å²) < 4.78 is 56.7. The molecule has 0 heterocycles. The van der Waals surface area contributed by atoms with Crippen LogP contribution in [0.25, 0.3) is 0 Å². The molecule has 22 aliphatic carbocycles. The number of carboxylic acids is 2. The van der Waals surface area contributed by atoms with Gasteiger partial charge in [-0.1, -0.05) is 81.4 Å². The molecule has 14 N–H and O–H groups in total. The van der Waals surface area contributed by atoms with E-state index in [1.165, 1.54) is 37.8 Å². The maximum absolute atomic E-state index is 13.8. The molecule has 8 amide bonds. The van der Waals surface area contributed by atoms with E-state index in [0.29, 0.717) is 35.7 Å². The molecule has 22 saturated carbocycles. The van der Waals surface area contributed by atoms with Gasteiger partial charge in [0.25, 0.3) is 0 Å². The number of nitrogens with one attached hydrogen (secondary N) is 8. The van der Waals surface area contributed by atoms with Crippen molar-refractivity contribution >= 4 is 147 Å². The lowest BCUT2D eigenvalue weighted by atomic mass is 9.38. The summed E-state index contributed by atoms with van der Waals surface area (Å²) in [5.74, 6) is -2.19. The van der Waals surface area contributed by atoms with E-state index < -0.39 is 34.6 Å². The fourth-order valence-electron chi connectivity index (χ4n) is 20.6. The van der Waals surface area contributed by atoms with Crippen LogP contribution < -0.4 is 58.7 Å². The lowest BCUT2D eigenvalue weighted by Crippen LogP contribution is -2.84. The molecule has 0 radical (unpaired) electrons. The van der Waals surface area contributed by atoms with Crippen LogP contribution in [0.15, 0.2) is 18.2 Å². The van der Waals surface area contributed by atoms with Crippen LogP contribution in [0, 0.1) is 16.6 Å². The van der Waals surface area contributed by atoms with E-state index in [-0.39, 0.29) is 192 Å². The number of halogens is 6. The molecular formula is C87H130Br4ClFN10O22. The molecular weight excluding hydrogens is 1910 g/mol. The third kappa shape index (κ3) is 28.2. The zero-order valence-electron chi connectivity index (χ0n) is 73.5. The van der Waals surface area contributed by atoms with Gasteiger partial charge in [-0.25, -0.2) is 18.8 Å². The fraction of sp³-hybridized carbons (Fsp3) is 0.793. The van der Waals surface area contributed by atoms with Crippen molar-refractivity contribution in [1.29, 1.82) is 0 Å². The van der Waals surface area contributed by atoms with Crippen LogP contribution in [0.3, 0.4) is 0 Å². The number of carbonyl (C=O) groups is 12. The van der Waals surface area contributed by atoms with Gasteiger partial charge in [-0.05, 0) is 278 Å². The number of rotatable bonds is 31. The minimum atomic E-state index is -0.829. The molecule has 0 atom stereocenters. The second-order valence-corrected chi connectivity index (χ2v) is 44.5. The van der Waals surface area contributed by atoms with E-state index in [1.807, 2.05) is 62.3 Å². The average molecular weight is 2040 g/mol. The number of carboxylic acid groups (broad SMARTS) is 2. The third-order valence-corrected chi connectivity index (χ3v) is 28.1. The number of Topliss-reactive ketones (excluding diaryl/α,β-unsaturated/α-hetero) is 2. The van der Waals surface area contributed by atoms with Crippen LogP contribution in [-0.4, -0.2) is 232 Å². The molecule has 0 aliphatic heterocycles. The maximum Gasteiger partial charge on any atom is 0.408 e. The van der Waals surface area contributed by atoms with E-state index in [2.05, 4.69) is 106 Å². The van der Waals surface area contributed by atoms with Crippen molar-refractivity contribution in [3.8, 4) is 5.75 Å². The maximum atomic E-state index is 13.8. The standard InChI is InChI=1S/C20H23ClFNO4.C16H26N2O4.C14H20BrNO3.C12H19BrN2O3.C11H18N2O2.C10H18N2O2.2C2H3BrO2/c21-15-5-2-6-16(18(15)22)27-8-13(24)7-19-10-20(11-19,12-19)23-17(25)9-26-14-3-1-4-14;1-14(2,3)22-13(20)18-16-8-15(9-16,10-16)17-12(19)7-21-11-5-4-6-11;15-5-10(17)4-13-7-14(8-13,9-13)16-12(18)6-19-11-2-1-3-11;1-10(2,3)18-9(17)15-12-5-11(6-12,7-12)14-8(16)4-13;12-10-5-11(6-10,7-10)13-9(14)4-15-8-2-1-3-8;1-8(2,3)14-7(13)12-10-4-9(11,5-10)6-10;2*3-1-2(4)5/h2,5-6,14H,1,3-4,7-12H2,(H,23,25);11H,4-10H2,1-3H3,(H,17,19)(H,18,20);11H,1-9H2,(H,16,18);4-7H2,1-3H3,(H,14,16)(H,15,17);8H,1-7,12H2,(H,13,14);4-6,11H2,1-3H3,(H,12,13);2*1H2,(H,4,5). The highest BCUT2D eigenvalue weighted by atomic mass is 79.9. The van der Waals surface area contributed by atoms with Crippen molar-refractivity contribution < 1.29 is 110 Å². The number of amides is 8. The Hall–Kier alpha value is -5.64. The third-order valence-electron chi connectivity index (χ3n) is 25.8. The van der Waals surface area contributed by atoms with Crippen LogP contribution in [0.4, 0.5) is 18.8 Å². The van der Waals surface area contributed by atoms with Crippen LogP contribution in [0.5, 0.6) is 5.75 Å². The Balaban J connectivity index is 0.000000155. The molecule has 0 aromatic heterocycles. The minimum absolute atomic E-state index is 0.000526. The Bertz CT molecular complexity index is 4000. The number of ketones is 2. The summed E-state index contributed by atoms with van der Waals surface area (Å²) in [6.45, 7) is 17.2. The summed E-state index contributed by atoms with van der Waals surface area (Å²) in [4.78, 5) is 136. The number of alkyl halides is 4. The van der Waals surface area contributed by atoms with Crippen molar-refractivity contribution in [3.63, 3.8) is 0 Å². The minimum Gasteiger partial charge on any atom is -0.483 e. The van der Waals surface area contributed by atoms with Gasteiger partial charge in [0, 0.05) is 57.2 Å². The highest BCUT2D eigenvalue weighted by molar-refractivity contribution is 9.10. The average Bonchev–Trinajstić information content (AvgIpc) is 0.688. The summed E-state index contributed by atoms with van der Waals surface area (Å²) >= 11 is 17.5. The summed E-state index contributed by atoms with van der Waals surface area (Å²) in [7, 11) is 0. The number of aliphatic carboxylic acids is 2. The van der Waals surface area contributed by atoms with E-state index in [9.17, 15) is 61.9 Å². The van der Waals surface area contributed by atoms with Gasteiger partial charge >= 0.3 is 30.2 Å². The van der Waals surface area contributed by atoms with Gasteiger partial charge in [0.15, 0.2) is 17.3 Å². The van der Waals surface area contributed by atoms with E-state index in [4.69, 9.17) is 71.2 Å². The first-order valence-corrected chi connectivity index (χ1v) is 48.4. The molecule has 12 bridgehead atoms. The fourth-order valence-corrected chi connectivity index (χ4v) is 21.1. The Morgan fingerprint density at radius 3 is 0.888 bits per heavy atom. The number of benzene rings is 1. The largest absolute Gasteiger partial charge is 0.483 e. The second-order valence-electron chi connectivity index (χ2n) is 41.8. The topological polar surface area (TPSA) is 467 Å². The molecule has 0 unspecified atom stereocenters. The normalized spacial score (nSPS) is 32.3. The Kier molecular flexibility index (Phi) is 32.6. The van der Waals surface area contributed by atoms with Gasteiger partial charge in [-0.3, -0.25) is 43.2 Å². The Morgan fingerprint density at radius 2 is 0.640 bits per heavy atom. The Labute approximate surface area is 769 Å². The first-order valence-electron chi connectivity index (χ1n) is 43.6. The number of hydrogen-bond donors (Lipinski definition) is 12. The first-order chi connectivity index (χ1) is 58.2. The van der Waals surface area contributed by atoms with E-state index in [0.717, 1.165) is 167 Å². The number of carbonyl (C=O) groups excluding carboxylic acids is 10. The summed E-state index contributed by atoms with van der Waals surface area (Å²) in [6.07, 6.45) is 30.3. The van der Waals surface area contributed by atoms with Crippen molar-refractivity contribution in [2.45, 2.75) is 364 Å². The SMILES string of the molecule is CC(C)(C)OC(=O)NC12CC(N)(C1)C2.CC(C)(C)OC(=O)NC12CC(NC(=O)CBr)(C1)C2.CC(C)(C)OC(=O)NC12CC(NC(=O)COC3CCC3)(C1)C2.NC12CC(NC(=O)COC3CCC3)(C1)C2.O=C(CBr)CC12CC(NC(=O)COC3CCC3)(C1)C2.O=C(COc1cccc(Cl)c1F)CC12CC(NC(=O)COC3CCC3)(C1)C2.O=C(O)CBr.O=C(O)CBr. The second kappa shape index (κ2) is 40.2. The van der Waals surface area contributed by atoms with E-state index >= 15 is 0 Å².